The number of rotatable bonds is 3. The van der Waals surface area contributed by atoms with Gasteiger partial charge < -0.3 is 0 Å². The van der Waals surface area contributed by atoms with E-state index in [4.69, 9.17) is 5.26 Å². The third kappa shape index (κ3) is 2.96. The Morgan fingerprint density at radius 1 is 0.778 bits per heavy atom. The van der Waals surface area contributed by atoms with Gasteiger partial charge >= 0.3 is 0 Å². The Labute approximate surface area is 107 Å². The molecule has 1 heteroatoms. The molecular weight excluding hydrogens is 218 g/mol. The van der Waals surface area contributed by atoms with E-state index in [0.717, 1.165) is 16.7 Å². The first kappa shape index (κ1) is 11.9. The third-order valence-electron chi connectivity index (χ3n) is 2.68. The summed E-state index contributed by atoms with van der Waals surface area (Å²) >= 11 is 0. The van der Waals surface area contributed by atoms with Gasteiger partial charge in [0.05, 0.1) is 11.6 Å². The Morgan fingerprint density at radius 3 is 1.67 bits per heavy atom. The molecular formula is C17H13N. The van der Waals surface area contributed by atoms with E-state index in [1.54, 1.807) is 0 Å². The molecule has 86 valence electrons. The zero-order valence-electron chi connectivity index (χ0n) is 10.0. The van der Waals surface area contributed by atoms with Crippen molar-refractivity contribution in [1.82, 2.24) is 0 Å². The largest absolute Gasteiger partial charge is 0.192 e. The van der Waals surface area contributed by atoms with Gasteiger partial charge in [-0.1, -0.05) is 61.2 Å². The molecule has 0 bridgehead atoms. The minimum Gasteiger partial charge on any atom is -0.192 e. The fraction of sp³-hybridized carbons (Fsp3) is 0. The van der Waals surface area contributed by atoms with Crippen molar-refractivity contribution in [3.05, 3.63) is 77.4 Å². The van der Waals surface area contributed by atoms with Crippen molar-refractivity contribution in [2.75, 3.05) is 0 Å². The van der Waals surface area contributed by atoms with Crippen LogP contribution in [0.3, 0.4) is 0 Å². The molecule has 2 aromatic carbocycles. The molecule has 0 spiro atoms. The summed E-state index contributed by atoms with van der Waals surface area (Å²) in [4.78, 5) is 0. The van der Waals surface area contributed by atoms with Gasteiger partial charge in [0.2, 0.25) is 0 Å². The highest BCUT2D eigenvalue weighted by atomic mass is 14.2. The van der Waals surface area contributed by atoms with Gasteiger partial charge in [0.1, 0.15) is 0 Å². The Balaban J connectivity index is 2.14. The zero-order valence-corrected chi connectivity index (χ0v) is 10.0. The van der Waals surface area contributed by atoms with Crippen molar-refractivity contribution in [3.63, 3.8) is 0 Å². The summed E-state index contributed by atoms with van der Waals surface area (Å²) in [6.45, 7) is 3.73. The van der Waals surface area contributed by atoms with Crippen molar-refractivity contribution in [2.24, 2.45) is 0 Å². The molecule has 0 saturated carbocycles. The van der Waals surface area contributed by atoms with E-state index in [-0.39, 0.29) is 0 Å². The summed E-state index contributed by atoms with van der Waals surface area (Å²) in [5.41, 5.74) is 4.03. The van der Waals surface area contributed by atoms with Crippen LogP contribution >= 0.6 is 0 Å². The molecule has 2 aromatic rings. The fourth-order valence-corrected chi connectivity index (χ4v) is 1.60. The van der Waals surface area contributed by atoms with Crippen molar-refractivity contribution in [3.8, 4) is 6.07 Å². The molecule has 0 amide bonds. The molecule has 0 aliphatic heterocycles. The molecule has 0 saturated heterocycles. The lowest BCUT2D eigenvalue weighted by molar-refractivity contribution is 1.48. The lowest BCUT2D eigenvalue weighted by Crippen LogP contribution is -1.76. The summed E-state index contributed by atoms with van der Waals surface area (Å²) in [6.07, 6.45) is 5.91. The third-order valence-corrected chi connectivity index (χ3v) is 2.68. The summed E-state index contributed by atoms with van der Waals surface area (Å²) in [5, 5.41) is 8.71. The average Bonchev–Trinajstić information content (AvgIpc) is 2.46. The zero-order chi connectivity index (χ0) is 12.8. The van der Waals surface area contributed by atoms with Crippen molar-refractivity contribution in [1.29, 1.82) is 5.26 Å². The van der Waals surface area contributed by atoms with Gasteiger partial charge in [0.25, 0.3) is 0 Å². The van der Waals surface area contributed by atoms with Crippen LogP contribution in [0.4, 0.5) is 0 Å². The van der Waals surface area contributed by atoms with Crippen LogP contribution in [-0.4, -0.2) is 0 Å². The van der Waals surface area contributed by atoms with Gasteiger partial charge in [-0.25, -0.2) is 0 Å². The first-order valence-corrected chi connectivity index (χ1v) is 5.72. The van der Waals surface area contributed by atoms with Gasteiger partial charge in [-0.05, 0) is 28.8 Å². The highest BCUT2D eigenvalue weighted by Crippen LogP contribution is 2.11. The highest BCUT2D eigenvalue weighted by molar-refractivity contribution is 5.70. The maximum Gasteiger partial charge on any atom is 0.0991 e. The topological polar surface area (TPSA) is 23.8 Å². The normalized spacial score (nSPS) is 10.2. The lowest BCUT2D eigenvalue weighted by atomic mass is 10.1. The smallest absolute Gasteiger partial charge is 0.0991 e. The maximum atomic E-state index is 8.71. The second kappa shape index (κ2) is 5.65. The van der Waals surface area contributed by atoms with Gasteiger partial charge in [-0.2, -0.15) is 5.26 Å². The highest BCUT2D eigenvalue weighted by Gasteiger charge is 1.91. The van der Waals surface area contributed by atoms with Crippen LogP contribution in [0, 0.1) is 11.3 Å². The summed E-state index contributed by atoms with van der Waals surface area (Å²) in [7, 11) is 0. The van der Waals surface area contributed by atoms with E-state index in [2.05, 4.69) is 24.8 Å². The number of hydrogen-bond acceptors (Lipinski definition) is 1. The van der Waals surface area contributed by atoms with Crippen molar-refractivity contribution >= 4 is 18.2 Å². The van der Waals surface area contributed by atoms with Crippen molar-refractivity contribution < 1.29 is 0 Å². The maximum absolute atomic E-state index is 8.71. The molecule has 0 aromatic heterocycles. The first-order chi connectivity index (χ1) is 8.81. The SMILES string of the molecule is C=Cc1ccc(/C=C/c2ccc(C#N)cc2)cc1. The molecule has 0 aliphatic rings. The van der Waals surface area contributed by atoms with Gasteiger partial charge in [0.15, 0.2) is 0 Å². The number of benzene rings is 2. The van der Waals surface area contributed by atoms with E-state index in [1.165, 1.54) is 0 Å². The lowest BCUT2D eigenvalue weighted by Gasteiger charge is -1.96. The summed E-state index contributed by atoms with van der Waals surface area (Å²) < 4.78 is 0. The van der Waals surface area contributed by atoms with Crippen LogP contribution in [0.5, 0.6) is 0 Å². The molecule has 0 N–H and O–H groups in total. The molecule has 0 aliphatic carbocycles. The van der Waals surface area contributed by atoms with Crippen LogP contribution in [0.15, 0.2) is 55.1 Å². The molecule has 0 atom stereocenters. The van der Waals surface area contributed by atoms with E-state index in [9.17, 15) is 0 Å². The average molecular weight is 231 g/mol. The molecule has 18 heavy (non-hydrogen) atoms. The molecule has 0 unspecified atom stereocenters. The minimum absolute atomic E-state index is 0.683. The van der Waals surface area contributed by atoms with Gasteiger partial charge in [-0.15, -0.1) is 0 Å². The molecule has 1 nitrogen and oxygen atoms in total. The Hall–Kier alpha value is -2.59. The van der Waals surface area contributed by atoms with Crippen LogP contribution in [0.1, 0.15) is 22.3 Å². The summed E-state index contributed by atoms with van der Waals surface area (Å²) in [6, 6.07) is 17.8. The number of nitrogens with zero attached hydrogens (tertiary/aromatic N) is 1. The number of nitriles is 1. The Bertz CT molecular complexity index is 596. The molecule has 0 radical (unpaired) electrons. The van der Waals surface area contributed by atoms with Crippen LogP contribution in [-0.2, 0) is 0 Å². The van der Waals surface area contributed by atoms with E-state index < -0.39 is 0 Å². The van der Waals surface area contributed by atoms with E-state index in [0.29, 0.717) is 5.56 Å². The first-order valence-electron chi connectivity index (χ1n) is 5.72. The number of hydrogen-bond donors (Lipinski definition) is 0. The standard InChI is InChI=1S/C17H13N/c1-2-14-3-5-15(6-4-14)7-8-16-9-11-17(13-18)12-10-16/h2-12H,1H2/b8-7+. The van der Waals surface area contributed by atoms with Gasteiger partial charge in [0, 0.05) is 0 Å². The van der Waals surface area contributed by atoms with Gasteiger partial charge in [-0.3, -0.25) is 0 Å². The second-order valence-electron chi connectivity index (χ2n) is 3.94. The second-order valence-corrected chi connectivity index (χ2v) is 3.94. The summed E-state index contributed by atoms with van der Waals surface area (Å²) in [5.74, 6) is 0. The van der Waals surface area contributed by atoms with E-state index >= 15 is 0 Å². The predicted molar refractivity (Wildman–Crippen MR) is 76.6 cm³/mol. The van der Waals surface area contributed by atoms with Crippen LogP contribution in [0.2, 0.25) is 0 Å². The molecule has 2 rings (SSSR count). The molecule has 0 heterocycles. The fourth-order valence-electron chi connectivity index (χ4n) is 1.60. The quantitative estimate of drug-likeness (QED) is 0.719. The van der Waals surface area contributed by atoms with Crippen LogP contribution in [0.25, 0.3) is 18.2 Å². The van der Waals surface area contributed by atoms with Crippen molar-refractivity contribution in [2.45, 2.75) is 0 Å². The monoisotopic (exact) mass is 231 g/mol. The minimum atomic E-state index is 0.683. The molecule has 0 fully saturated rings. The predicted octanol–water partition coefficient (Wildman–Crippen LogP) is 4.37. The van der Waals surface area contributed by atoms with Crippen LogP contribution < -0.4 is 0 Å². The van der Waals surface area contributed by atoms with E-state index in [1.807, 2.05) is 54.6 Å². The Morgan fingerprint density at radius 2 is 1.22 bits per heavy atom. The Kier molecular flexibility index (Phi) is 3.73.